The van der Waals surface area contributed by atoms with Crippen LogP contribution in [-0.2, 0) is 18.9 Å². The predicted octanol–water partition coefficient (Wildman–Crippen LogP) is 4.91. The van der Waals surface area contributed by atoms with E-state index in [1.165, 1.54) is 31.4 Å². The fourth-order valence-corrected chi connectivity index (χ4v) is 3.49. The number of alkyl halides is 2. The molecule has 2 fully saturated rings. The molecule has 158 valence electrons. The van der Waals surface area contributed by atoms with Crippen LogP contribution >= 0.6 is 0 Å². The minimum Gasteiger partial charge on any atom is -0.435 e. The van der Waals surface area contributed by atoms with Crippen molar-refractivity contribution in [2.45, 2.75) is 58.2 Å². The van der Waals surface area contributed by atoms with Crippen LogP contribution in [0.2, 0.25) is 0 Å². The van der Waals surface area contributed by atoms with Crippen LogP contribution in [0.4, 0.5) is 8.78 Å². The van der Waals surface area contributed by atoms with Crippen molar-refractivity contribution in [2.24, 2.45) is 11.8 Å². The molecule has 2 heterocycles. The van der Waals surface area contributed by atoms with Gasteiger partial charge in [-0.25, -0.2) is 0 Å². The highest BCUT2D eigenvalue weighted by Gasteiger charge is 2.26. The molecule has 0 spiro atoms. The Morgan fingerprint density at radius 3 is 2.11 bits per heavy atom. The first-order chi connectivity index (χ1) is 13.6. The van der Waals surface area contributed by atoms with Gasteiger partial charge in [0.1, 0.15) is 5.75 Å². The average molecular weight is 400 g/mol. The second-order valence-corrected chi connectivity index (χ2v) is 7.49. The van der Waals surface area contributed by atoms with Crippen LogP contribution in [0, 0.1) is 11.8 Å². The van der Waals surface area contributed by atoms with Gasteiger partial charge in [0, 0.05) is 17.4 Å². The van der Waals surface area contributed by atoms with E-state index in [1.807, 2.05) is 0 Å². The van der Waals surface area contributed by atoms with Gasteiger partial charge in [0.15, 0.2) is 12.6 Å². The van der Waals surface area contributed by atoms with E-state index in [2.05, 4.69) is 11.7 Å². The van der Waals surface area contributed by atoms with Crippen molar-refractivity contribution < 1.29 is 32.5 Å². The van der Waals surface area contributed by atoms with Crippen LogP contribution in [0.25, 0.3) is 0 Å². The largest absolute Gasteiger partial charge is 0.435 e. The average Bonchev–Trinajstić information content (AvgIpc) is 2.72. The van der Waals surface area contributed by atoms with Crippen molar-refractivity contribution in [1.82, 2.24) is 0 Å². The molecule has 3 rings (SSSR count). The molecule has 0 radical (unpaired) electrons. The Labute approximate surface area is 165 Å². The summed E-state index contributed by atoms with van der Waals surface area (Å²) in [6.45, 7) is 2.12. The molecule has 0 aromatic heterocycles. The Morgan fingerprint density at radius 1 is 0.893 bits per heavy atom. The van der Waals surface area contributed by atoms with Crippen molar-refractivity contribution in [1.29, 1.82) is 0 Å². The van der Waals surface area contributed by atoms with E-state index in [1.54, 1.807) is 12.1 Å². The van der Waals surface area contributed by atoms with E-state index >= 15 is 0 Å². The highest BCUT2D eigenvalue weighted by atomic mass is 19.3. The summed E-state index contributed by atoms with van der Waals surface area (Å²) in [5, 5.41) is 0. The molecule has 2 aliphatic rings. The monoisotopic (exact) mass is 400 g/mol. The first-order valence-corrected chi connectivity index (χ1v) is 10.1. The molecular weight excluding hydrogens is 370 g/mol. The molecule has 28 heavy (non-hydrogen) atoms. The van der Waals surface area contributed by atoms with E-state index in [4.69, 9.17) is 18.9 Å². The third-order valence-corrected chi connectivity index (χ3v) is 5.16. The summed E-state index contributed by atoms with van der Waals surface area (Å²) in [7, 11) is 0. The van der Waals surface area contributed by atoms with Gasteiger partial charge in [-0.15, -0.1) is 0 Å². The lowest BCUT2D eigenvalue weighted by atomic mass is 10.0. The third kappa shape index (κ3) is 6.65. The number of ether oxygens (including phenoxy) is 5. The smallest absolute Gasteiger partial charge is 0.387 e. The molecule has 0 saturated carbocycles. The molecule has 0 unspecified atom stereocenters. The van der Waals surface area contributed by atoms with Gasteiger partial charge in [0.25, 0.3) is 0 Å². The van der Waals surface area contributed by atoms with Crippen molar-refractivity contribution >= 4 is 0 Å². The maximum atomic E-state index is 12.2. The maximum Gasteiger partial charge on any atom is 0.387 e. The number of hydrogen-bond acceptors (Lipinski definition) is 5. The molecule has 7 heteroatoms. The quantitative estimate of drug-likeness (QED) is 0.589. The number of benzene rings is 1. The maximum absolute atomic E-state index is 12.2. The van der Waals surface area contributed by atoms with Gasteiger partial charge in [-0.2, -0.15) is 8.78 Å². The highest BCUT2D eigenvalue weighted by Crippen LogP contribution is 2.29. The minimum absolute atomic E-state index is 0.122. The summed E-state index contributed by atoms with van der Waals surface area (Å²) in [4.78, 5) is 0. The normalized spacial score (nSPS) is 28.4. The van der Waals surface area contributed by atoms with Crippen LogP contribution in [-0.4, -0.2) is 39.3 Å². The molecule has 0 amide bonds. The van der Waals surface area contributed by atoms with Gasteiger partial charge >= 0.3 is 6.61 Å². The Morgan fingerprint density at radius 2 is 1.50 bits per heavy atom. The minimum atomic E-state index is -2.83. The Hall–Kier alpha value is -1.28. The Bertz CT molecular complexity index is 552. The number of hydrogen-bond donors (Lipinski definition) is 0. The molecule has 0 atom stereocenters. The summed E-state index contributed by atoms with van der Waals surface area (Å²) in [5.41, 5.74) is 0.789. The van der Waals surface area contributed by atoms with Gasteiger partial charge in [0.2, 0.25) is 0 Å². The molecule has 0 bridgehead atoms. The fraction of sp³-hybridized carbons (Fsp3) is 0.714. The number of halogens is 2. The first-order valence-electron chi connectivity index (χ1n) is 10.1. The highest BCUT2D eigenvalue weighted by molar-refractivity contribution is 5.28. The Kier molecular flexibility index (Phi) is 8.45. The summed E-state index contributed by atoms with van der Waals surface area (Å²) in [6, 6.07) is 6.35. The van der Waals surface area contributed by atoms with Crippen molar-refractivity contribution in [3.63, 3.8) is 0 Å². The number of unbranched alkanes of at least 4 members (excludes halogenated alkanes) is 1. The predicted molar refractivity (Wildman–Crippen MR) is 99.2 cm³/mol. The van der Waals surface area contributed by atoms with Crippen LogP contribution in [0.15, 0.2) is 24.3 Å². The van der Waals surface area contributed by atoms with Crippen molar-refractivity contribution in [3.05, 3.63) is 29.8 Å². The van der Waals surface area contributed by atoms with Crippen molar-refractivity contribution in [2.75, 3.05) is 26.4 Å². The standard InChI is InChI=1S/C21H30F2O5/c1-2-3-4-15-11-24-19(25-12-15)10-5-16-13-26-20(27-14-16)17-6-8-18(9-7-17)28-21(22)23/h6-9,15-16,19-21H,2-5,10-14H2,1H3/t15-,16-,19-,20-. The lowest BCUT2D eigenvalue weighted by Gasteiger charge is -2.32. The topological polar surface area (TPSA) is 46.2 Å². The van der Waals surface area contributed by atoms with Crippen LogP contribution < -0.4 is 4.74 Å². The zero-order valence-electron chi connectivity index (χ0n) is 16.4. The van der Waals surface area contributed by atoms with Crippen LogP contribution in [0.5, 0.6) is 5.75 Å². The van der Waals surface area contributed by atoms with E-state index in [0.717, 1.165) is 31.6 Å². The van der Waals surface area contributed by atoms with Crippen LogP contribution in [0.1, 0.15) is 50.9 Å². The molecule has 2 saturated heterocycles. The molecule has 5 nitrogen and oxygen atoms in total. The Balaban J connectivity index is 1.33. The zero-order chi connectivity index (χ0) is 19.8. The number of rotatable bonds is 9. The summed E-state index contributed by atoms with van der Waals surface area (Å²) in [5.74, 6) is 0.940. The third-order valence-electron chi connectivity index (χ3n) is 5.16. The SMILES string of the molecule is CCCC[C@H]1CO[C@H](CC[C@H]2CO[C@H](c3ccc(OC(F)F)cc3)OC2)OC1. The van der Waals surface area contributed by atoms with E-state index in [9.17, 15) is 8.78 Å². The van der Waals surface area contributed by atoms with E-state index in [0.29, 0.717) is 25.0 Å². The van der Waals surface area contributed by atoms with E-state index in [-0.39, 0.29) is 12.0 Å². The van der Waals surface area contributed by atoms with Crippen molar-refractivity contribution in [3.8, 4) is 5.75 Å². The van der Waals surface area contributed by atoms with Gasteiger partial charge in [-0.05, 0) is 31.4 Å². The van der Waals surface area contributed by atoms with E-state index < -0.39 is 12.9 Å². The molecule has 1 aromatic carbocycles. The summed E-state index contributed by atoms with van der Waals surface area (Å²) in [6.07, 6.45) is 4.75. The second kappa shape index (κ2) is 11.0. The molecular formula is C21H30F2O5. The lowest BCUT2D eigenvalue weighted by Crippen LogP contribution is -2.33. The van der Waals surface area contributed by atoms with Gasteiger partial charge < -0.3 is 23.7 Å². The molecule has 2 aliphatic heterocycles. The second-order valence-electron chi connectivity index (χ2n) is 7.49. The summed E-state index contributed by atoms with van der Waals surface area (Å²) < 4.78 is 52.0. The van der Waals surface area contributed by atoms with Crippen LogP contribution in [0.3, 0.4) is 0 Å². The van der Waals surface area contributed by atoms with Gasteiger partial charge in [-0.1, -0.05) is 31.9 Å². The molecule has 0 aliphatic carbocycles. The lowest BCUT2D eigenvalue weighted by molar-refractivity contribution is -0.220. The molecule has 0 N–H and O–H groups in total. The molecule has 1 aromatic rings. The summed E-state index contributed by atoms with van der Waals surface area (Å²) >= 11 is 0. The zero-order valence-corrected chi connectivity index (χ0v) is 16.4. The van der Waals surface area contributed by atoms with Gasteiger partial charge in [0.05, 0.1) is 26.4 Å². The van der Waals surface area contributed by atoms with Gasteiger partial charge in [-0.3, -0.25) is 0 Å². The first kappa shape index (κ1) is 21.4. The fourth-order valence-electron chi connectivity index (χ4n) is 3.49.